The van der Waals surface area contributed by atoms with Gasteiger partial charge in [0.15, 0.2) is 6.33 Å². The largest absolute Gasteiger partial charge is 0.325 e. The van der Waals surface area contributed by atoms with Gasteiger partial charge in [0, 0.05) is 17.1 Å². The van der Waals surface area contributed by atoms with E-state index in [9.17, 15) is 4.79 Å². The van der Waals surface area contributed by atoms with Crippen LogP contribution in [0.25, 0.3) is 16.2 Å². The molecule has 5 aromatic rings. The van der Waals surface area contributed by atoms with E-state index < -0.39 is 0 Å². The molecule has 1 amide bonds. The van der Waals surface area contributed by atoms with Crippen LogP contribution in [0.3, 0.4) is 0 Å². The number of nitrogens with zero attached hydrogens (tertiary/aromatic N) is 2. The summed E-state index contributed by atoms with van der Waals surface area (Å²) in [5.41, 5.74) is 4.61. The number of carbonyl (C=O) groups is 1. The summed E-state index contributed by atoms with van der Waals surface area (Å²) < 4.78 is 2.00. The molecule has 6 heteroatoms. The fourth-order valence-electron chi connectivity index (χ4n) is 3.64. The van der Waals surface area contributed by atoms with Crippen LogP contribution < -0.4 is 9.88 Å². The molecule has 0 unspecified atom stereocenters. The van der Waals surface area contributed by atoms with Crippen molar-refractivity contribution < 1.29 is 9.36 Å². The molecule has 2 heterocycles. The van der Waals surface area contributed by atoms with Crippen molar-refractivity contribution in [3.63, 3.8) is 0 Å². The van der Waals surface area contributed by atoms with Crippen LogP contribution in [-0.4, -0.2) is 15.9 Å². The van der Waals surface area contributed by atoms with Crippen LogP contribution in [0.5, 0.6) is 0 Å². The average molecular weight is 412 g/mol. The summed E-state index contributed by atoms with van der Waals surface area (Å²) in [7, 11) is 0. The lowest BCUT2D eigenvalue weighted by Gasteiger charge is -2.18. The van der Waals surface area contributed by atoms with Crippen LogP contribution in [0.1, 0.15) is 17.0 Å². The summed E-state index contributed by atoms with van der Waals surface area (Å²) in [5, 5.41) is 5.94. The molecule has 2 aromatic heterocycles. The van der Waals surface area contributed by atoms with Crippen LogP contribution in [0.4, 0.5) is 5.69 Å². The number of hydrogen-bond acceptors (Lipinski definition) is 3. The zero-order valence-corrected chi connectivity index (χ0v) is 16.8. The SMILES string of the molecule is O=C(Nc1ccc2c(c1)[nH]c[n+]2-c1nccs1)C(c1ccccc1)c1ccccc1. The van der Waals surface area contributed by atoms with Crippen molar-refractivity contribution in [2.45, 2.75) is 5.92 Å². The Morgan fingerprint density at radius 2 is 1.67 bits per heavy atom. The molecule has 0 radical (unpaired) electrons. The third kappa shape index (κ3) is 3.49. The number of aromatic amines is 1. The summed E-state index contributed by atoms with van der Waals surface area (Å²) in [6.45, 7) is 0. The number of rotatable bonds is 5. The van der Waals surface area contributed by atoms with Gasteiger partial charge in [-0.3, -0.25) is 9.78 Å². The highest BCUT2D eigenvalue weighted by Crippen LogP contribution is 2.27. The zero-order valence-electron chi connectivity index (χ0n) is 16.0. The maximum Gasteiger partial charge on any atom is 0.325 e. The first-order valence-corrected chi connectivity index (χ1v) is 10.5. The molecule has 30 heavy (non-hydrogen) atoms. The summed E-state index contributed by atoms with van der Waals surface area (Å²) in [6.07, 6.45) is 3.67. The topological polar surface area (TPSA) is 61.7 Å². The minimum Gasteiger partial charge on any atom is -0.325 e. The standard InChI is InChI=1S/C24H18N4OS/c29-23(22(17-7-3-1-4-8-17)18-9-5-2-6-10-18)27-19-11-12-21-20(15-19)26-16-28(21)24-25-13-14-30-24/h1-16,22H,(H,27,29)/p+1. The van der Waals surface area contributed by atoms with Gasteiger partial charge >= 0.3 is 5.13 Å². The Balaban J connectivity index is 1.46. The molecule has 5 rings (SSSR count). The van der Waals surface area contributed by atoms with Crippen molar-refractivity contribution in [3.05, 3.63) is 108 Å². The third-order valence-electron chi connectivity index (χ3n) is 5.03. The summed E-state index contributed by atoms with van der Waals surface area (Å²) in [4.78, 5) is 20.9. The molecule has 146 valence electrons. The number of imidazole rings is 1. The minimum absolute atomic E-state index is 0.0638. The lowest BCUT2D eigenvalue weighted by atomic mass is 9.90. The van der Waals surface area contributed by atoms with Gasteiger partial charge in [-0.25, -0.2) is 0 Å². The lowest BCUT2D eigenvalue weighted by Crippen LogP contribution is -2.28. The molecule has 0 aliphatic carbocycles. The molecule has 0 saturated carbocycles. The van der Waals surface area contributed by atoms with Crippen LogP contribution in [0.15, 0.2) is 96.8 Å². The molecule has 5 nitrogen and oxygen atoms in total. The second kappa shape index (κ2) is 7.93. The predicted molar refractivity (Wildman–Crippen MR) is 119 cm³/mol. The fraction of sp³-hybridized carbons (Fsp3) is 0.0417. The van der Waals surface area contributed by atoms with Crippen molar-refractivity contribution in [1.29, 1.82) is 0 Å². The average Bonchev–Trinajstić information content (AvgIpc) is 3.45. The second-order valence-corrected chi connectivity index (χ2v) is 7.81. The number of amides is 1. The molecule has 0 atom stereocenters. The van der Waals surface area contributed by atoms with Crippen LogP contribution in [0.2, 0.25) is 0 Å². The predicted octanol–water partition coefficient (Wildman–Crippen LogP) is 4.67. The molecule has 0 saturated heterocycles. The number of fused-ring (bicyclic) bond motifs is 1. The number of nitrogens with one attached hydrogen (secondary N) is 2. The van der Waals surface area contributed by atoms with Gasteiger partial charge in [-0.2, -0.15) is 4.57 Å². The van der Waals surface area contributed by atoms with E-state index in [1.165, 1.54) is 0 Å². The van der Waals surface area contributed by atoms with E-state index in [1.54, 1.807) is 17.5 Å². The summed E-state index contributed by atoms with van der Waals surface area (Å²) >= 11 is 1.57. The van der Waals surface area contributed by atoms with Gasteiger partial charge in [0.05, 0.1) is 5.92 Å². The monoisotopic (exact) mass is 411 g/mol. The molecule has 0 spiro atoms. The van der Waals surface area contributed by atoms with Crippen LogP contribution >= 0.6 is 11.3 Å². The van der Waals surface area contributed by atoms with Crippen molar-refractivity contribution in [2.75, 3.05) is 5.32 Å². The van der Waals surface area contributed by atoms with Gasteiger partial charge in [-0.1, -0.05) is 72.0 Å². The molecule has 0 bridgehead atoms. The van der Waals surface area contributed by atoms with E-state index >= 15 is 0 Å². The van der Waals surface area contributed by atoms with Crippen molar-refractivity contribution in [3.8, 4) is 5.13 Å². The molecule has 0 fully saturated rings. The highest BCUT2D eigenvalue weighted by molar-refractivity contribution is 7.11. The van der Waals surface area contributed by atoms with Crippen molar-refractivity contribution >= 4 is 34.0 Å². The number of aromatic nitrogens is 3. The van der Waals surface area contributed by atoms with E-state index in [2.05, 4.69) is 15.3 Å². The number of H-pyrrole nitrogens is 1. The second-order valence-electron chi connectivity index (χ2n) is 6.93. The fourth-order valence-corrected chi connectivity index (χ4v) is 4.27. The van der Waals surface area contributed by atoms with E-state index in [1.807, 2.05) is 95.1 Å². The van der Waals surface area contributed by atoms with Gasteiger partial charge in [0.2, 0.25) is 5.91 Å². The molecular weight excluding hydrogens is 392 g/mol. The van der Waals surface area contributed by atoms with E-state index in [0.29, 0.717) is 0 Å². The summed E-state index contributed by atoms with van der Waals surface area (Å²) in [5.74, 6) is -0.446. The van der Waals surface area contributed by atoms with Gasteiger partial charge in [0.25, 0.3) is 0 Å². The molecular formula is C24H19N4OS+. The van der Waals surface area contributed by atoms with Crippen LogP contribution in [-0.2, 0) is 4.79 Å². The van der Waals surface area contributed by atoms with Gasteiger partial charge in [0.1, 0.15) is 17.2 Å². The lowest BCUT2D eigenvalue weighted by molar-refractivity contribution is -0.566. The molecule has 0 aliphatic heterocycles. The van der Waals surface area contributed by atoms with Crippen LogP contribution in [0, 0.1) is 0 Å². The Hall–Kier alpha value is -3.77. The van der Waals surface area contributed by atoms with E-state index in [0.717, 1.165) is 33.0 Å². The minimum atomic E-state index is -0.382. The number of anilines is 1. The molecule has 0 aliphatic rings. The van der Waals surface area contributed by atoms with E-state index in [-0.39, 0.29) is 11.8 Å². The summed E-state index contributed by atoms with van der Waals surface area (Å²) in [6, 6.07) is 25.6. The molecule has 2 N–H and O–H groups in total. The highest BCUT2D eigenvalue weighted by atomic mass is 32.1. The smallest absolute Gasteiger partial charge is 0.325 e. The normalized spacial score (nSPS) is 11.1. The quantitative estimate of drug-likeness (QED) is 0.413. The Kier molecular flexibility index (Phi) is 4.83. The van der Waals surface area contributed by atoms with Gasteiger partial charge in [-0.05, 0) is 23.3 Å². The van der Waals surface area contributed by atoms with Gasteiger partial charge in [-0.15, -0.1) is 4.98 Å². The van der Waals surface area contributed by atoms with E-state index in [4.69, 9.17) is 0 Å². The first kappa shape index (κ1) is 18.3. The maximum absolute atomic E-state index is 13.3. The Morgan fingerprint density at radius 3 is 2.30 bits per heavy atom. The van der Waals surface area contributed by atoms with Crippen molar-refractivity contribution in [2.24, 2.45) is 0 Å². The number of thiazole rings is 1. The Bertz CT molecular complexity index is 1240. The Labute approximate surface area is 177 Å². The first-order valence-electron chi connectivity index (χ1n) is 9.63. The third-order valence-corrected chi connectivity index (χ3v) is 5.80. The Morgan fingerprint density at radius 1 is 0.967 bits per heavy atom. The van der Waals surface area contributed by atoms with Crippen molar-refractivity contribution in [1.82, 2.24) is 9.97 Å². The highest BCUT2D eigenvalue weighted by Gasteiger charge is 2.23. The number of benzene rings is 3. The number of hydrogen-bond donors (Lipinski definition) is 2. The zero-order chi connectivity index (χ0) is 20.3. The van der Waals surface area contributed by atoms with Gasteiger partial charge < -0.3 is 5.32 Å². The first-order chi connectivity index (χ1) is 14.8. The maximum atomic E-state index is 13.3. The molecule has 3 aromatic carbocycles. The number of carbonyl (C=O) groups excluding carboxylic acids is 1.